The summed E-state index contributed by atoms with van der Waals surface area (Å²) < 4.78 is 0. The van der Waals surface area contributed by atoms with Crippen LogP contribution in [0.15, 0.2) is 36.5 Å². The van der Waals surface area contributed by atoms with Gasteiger partial charge in [0.15, 0.2) is 0 Å². The molecule has 0 atom stereocenters. The van der Waals surface area contributed by atoms with Gasteiger partial charge in [-0.25, -0.2) is 0 Å². The predicted octanol–water partition coefficient (Wildman–Crippen LogP) is 1.62. The second kappa shape index (κ2) is 4.32. The molecule has 0 aliphatic rings. The molecule has 2 N–H and O–H groups in total. The standard InChI is InChI=1S/C11H10N4/c12-10-8-13-15-14-11(10)7-6-9-4-2-1-3-5-9/h1-8H,(H2,12,15). The summed E-state index contributed by atoms with van der Waals surface area (Å²) in [5.41, 5.74) is 7.92. The molecule has 15 heavy (non-hydrogen) atoms. The molecule has 0 unspecified atom stereocenters. The van der Waals surface area contributed by atoms with Gasteiger partial charge < -0.3 is 5.73 Å². The van der Waals surface area contributed by atoms with Crippen molar-refractivity contribution >= 4 is 17.8 Å². The third-order valence-corrected chi connectivity index (χ3v) is 1.93. The molecular formula is C11H10N4. The lowest BCUT2D eigenvalue weighted by Crippen LogP contribution is -1.96. The molecule has 0 aliphatic heterocycles. The number of nitrogens with zero attached hydrogens (tertiary/aromatic N) is 3. The smallest absolute Gasteiger partial charge is 0.112 e. The second-order valence-corrected chi connectivity index (χ2v) is 3.02. The van der Waals surface area contributed by atoms with Crippen molar-refractivity contribution in [2.45, 2.75) is 0 Å². The van der Waals surface area contributed by atoms with E-state index in [0.717, 1.165) is 5.56 Å². The molecule has 0 amide bonds. The second-order valence-electron chi connectivity index (χ2n) is 3.02. The lowest BCUT2D eigenvalue weighted by Gasteiger charge is -1.95. The van der Waals surface area contributed by atoms with Gasteiger partial charge in [0.05, 0.1) is 11.9 Å². The SMILES string of the molecule is Nc1cnnnc1C=Cc1ccccc1. The van der Waals surface area contributed by atoms with Crippen LogP contribution in [0.4, 0.5) is 5.69 Å². The summed E-state index contributed by atoms with van der Waals surface area (Å²) in [5, 5.41) is 10.9. The average molecular weight is 198 g/mol. The molecule has 0 fully saturated rings. The molecular weight excluding hydrogens is 188 g/mol. The van der Waals surface area contributed by atoms with Crippen LogP contribution in [0.25, 0.3) is 12.2 Å². The molecule has 1 heterocycles. The Bertz CT molecular complexity index is 465. The molecule has 0 saturated carbocycles. The lowest BCUT2D eigenvalue weighted by atomic mass is 10.2. The quantitative estimate of drug-likeness (QED) is 0.796. The van der Waals surface area contributed by atoms with Gasteiger partial charge in [-0.1, -0.05) is 36.4 Å². The zero-order valence-corrected chi connectivity index (χ0v) is 8.04. The Balaban J connectivity index is 2.23. The van der Waals surface area contributed by atoms with E-state index in [1.165, 1.54) is 6.20 Å². The maximum atomic E-state index is 5.67. The van der Waals surface area contributed by atoms with Crippen LogP contribution in [0, 0.1) is 0 Å². The highest BCUT2D eigenvalue weighted by Crippen LogP contribution is 2.09. The van der Waals surface area contributed by atoms with E-state index in [-0.39, 0.29) is 0 Å². The van der Waals surface area contributed by atoms with Gasteiger partial charge in [-0.3, -0.25) is 0 Å². The molecule has 74 valence electrons. The molecule has 0 radical (unpaired) electrons. The van der Waals surface area contributed by atoms with Crippen molar-refractivity contribution in [3.63, 3.8) is 0 Å². The van der Waals surface area contributed by atoms with Gasteiger partial charge in [0, 0.05) is 0 Å². The highest BCUT2D eigenvalue weighted by atomic mass is 15.3. The summed E-state index contributed by atoms with van der Waals surface area (Å²) in [6, 6.07) is 9.92. The maximum absolute atomic E-state index is 5.67. The van der Waals surface area contributed by atoms with Crippen LogP contribution in [0.1, 0.15) is 11.3 Å². The van der Waals surface area contributed by atoms with Crippen molar-refractivity contribution in [1.29, 1.82) is 0 Å². The van der Waals surface area contributed by atoms with E-state index in [4.69, 9.17) is 5.73 Å². The van der Waals surface area contributed by atoms with E-state index >= 15 is 0 Å². The van der Waals surface area contributed by atoms with E-state index in [9.17, 15) is 0 Å². The van der Waals surface area contributed by atoms with Gasteiger partial charge in [0.2, 0.25) is 0 Å². The van der Waals surface area contributed by atoms with E-state index in [0.29, 0.717) is 11.4 Å². The van der Waals surface area contributed by atoms with Gasteiger partial charge in [-0.2, -0.15) is 0 Å². The lowest BCUT2D eigenvalue weighted by molar-refractivity contribution is 0.861. The van der Waals surface area contributed by atoms with Crippen LogP contribution in [-0.4, -0.2) is 15.4 Å². The summed E-state index contributed by atoms with van der Waals surface area (Å²) in [6.07, 6.45) is 5.23. The first-order chi connectivity index (χ1) is 7.36. The summed E-state index contributed by atoms with van der Waals surface area (Å²) in [5.74, 6) is 0. The van der Waals surface area contributed by atoms with Crippen LogP contribution in [0.5, 0.6) is 0 Å². The molecule has 0 aliphatic carbocycles. The minimum Gasteiger partial charge on any atom is -0.396 e. The number of anilines is 1. The zero-order valence-electron chi connectivity index (χ0n) is 8.04. The third-order valence-electron chi connectivity index (χ3n) is 1.93. The van der Waals surface area contributed by atoms with Gasteiger partial charge in [-0.15, -0.1) is 10.2 Å². The number of rotatable bonds is 2. The fraction of sp³-hybridized carbons (Fsp3) is 0. The number of nitrogen functional groups attached to an aromatic ring is 1. The van der Waals surface area contributed by atoms with Crippen molar-refractivity contribution in [2.24, 2.45) is 0 Å². The number of hydrogen-bond donors (Lipinski definition) is 1. The van der Waals surface area contributed by atoms with Crippen molar-refractivity contribution in [2.75, 3.05) is 5.73 Å². The van der Waals surface area contributed by atoms with Crippen LogP contribution in [0.3, 0.4) is 0 Å². The predicted molar refractivity (Wildman–Crippen MR) is 59.6 cm³/mol. The summed E-state index contributed by atoms with van der Waals surface area (Å²) in [4.78, 5) is 0. The van der Waals surface area contributed by atoms with E-state index in [1.54, 1.807) is 0 Å². The Labute approximate surface area is 87.5 Å². The van der Waals surface area contributed by atoms with Crippen LogP contribution in [-0.2, 0) is 0 Å². The van der Waals surface area contributed by atoms with E-state index in [1.807, 2.05) is 42.5 Å². The minimum atomic E-state index is 0.525. The third kappa shape index (κ3) is 2.37. The normalized spacial score (nSPS) is 10.7. The van der Waals surface area contributed by atoms with Crippen LogP contribution >= 0.6 is 0 Å². The van der Waals surface area contributed by atoms with Gasteiger partial charge in [-0.05, 0) is 16.9 Å². The first kappa shape index (κ1) is 9.33. The topological polar surface area (TPSA) is 64.7 Å². The largest absolute Gasteiger partial charge is 0.396 e. The summed E-state index contributed by atoms with van der Waals surface area (Å²) >= 11 is 0. The number of aromatic nitrogens is 3. The number of benzene rings is 1. The molecule has 4 heteroatoms. The van der Waals surface area contributed by atoms with Crippen molar-refractivity contribution in [3.05, 3.63) is 47.8 Å². The fourth-order valence-corrected chi connectivity index (χ4v) is 1.15. The molecule has 4 nitrogen and oxygen atoms in total. The van der Waals surface area contributed by atoms with E-state index < -0.39 is 0 Å². The van der Waals surface area contributed by atoms with Gasteiger partial charge >= 0.3 is 0 Å². The van der Waals surface area contributed by atoms with Crippen LogP contribution < -0.4 is 5.73 Å². The van der Waals surface area contributed by atoms with Crippen molar-refractivity contribution in [3.8, 4) is 0 Å². The van der Waals surface area contributed by atoms with E-state index in [2.05, 4.69) is 15.4 Å². The molecule has 1 aromatic carbocycles. The monoisotopic (exact) mass is 198 g/mol. The Hall–Kier alpha value is -2.23. The Kier molecular flexibility index (Phi) is 2.69. The molecule has 0 saturated heterocycles. The highest BCUT2D eigenvalue weighted by molar-refractivity contribution is 5.72. The van der Waals surface area contributed by atoms with Gasteiger partial charge in [0.1, 0.15) is 5.69 Å². The summed E-state index contributed by atoms with van der Waals surface area (Å²) in [7, 11) is 0. The number of nitrogens with two attached hydrogens (primary N) is 1. The average Bonchev–Trinajstić information content (AvgIpc) is 2.29. The number of hydrogen-bond acceptors (Lipinski definition) is 4. The molecule has 2 aromatic rings. The molecule has 0 spiro atoms. The first-order valence-electron chi connectivity index (χ1n) is 4.53. The molecule has 0 bridgehead atoms. The Morgan fingerprint density at radius 3 is 2.60 bits per heavy atom. The zero-order chi connectivity index (χ0) is 10.5. The molecule has 2 rings (SSSR count). The van der Waals surface area contributed by atoms with Crippen LogP contribution in [0.2, 0.25) is 0 Å². The first-order valence-corrected chi connectivity index (χ1v) is 4.53. The highest BCUT2D eigenvalue weighted by Gasteiger charge is 1.95. The minimum absolute atomic E-state index is 0.525. The van der Waals surface area contributed by atoms with Gasteiger partial charge in [0.25, 0.3) is 0 Å². The fourth-order valence-electron chi connectivity index (χ4n) is 1.15. The maximum Gasteiger partial charge on any atom is 0.112 e. The Morgan fingerprint density at radius 2 is 1.87 bits per heavy atom. The summed E-state index contributed by atoms with van der Waals surface area (Å²) in [6.45, 7) is 0. The van der Waals surface area contributed by atoms with Crippen molar-refractivity contribution in [1.82, 2.24) is 15.4 Å². The Morgan fingerprint density at radius 1 is 1.07 bits per heavy atom. The molecule has 1 aromatic heterocycles. The van der Waals surface area contributed by atoms with Crippen molar-refractivity contribution < 1.29 is 0 Å².